The van der Waals surface area contributed by atoms with Crippen molar-refractivity contribution in [2.45, 2.75) is 58.9 Å². The van der Waals surface area contributed by atoms with E-state index in [0.29, 0.717) is 5.92 Å². The molecule has 1 nitrogen and oxygen atoms in total. The number of benzene rings is 1. The van der Waals surface area contributed by atoms with E-state index in [0.717, 1.165) is 5.92 Å². The molecule has 0 aliphatic heterocycles. The number of hydrogen-bond donors (Lipinski definition) is 1. The van der Waals surface area contributed by atoms with Gasteiger partial charge in [-0.1, -0.05) is 43.5 Å². The second-order valence-electron chi connectivity index (χ2n) is 6.56. The second kappa shape index (κ2) is 5.05. The van der Waals surface area contributed by atoms with Gasteiger partial charge in [0.1, 0.15) is 0 Å². The molecule has 2 N–H and O–H groups in total. The molecule has 1 aromatic carbocycles. The fourth-order valence-electron chi connectivity index (χ4n) is 3.40. The normalized spacial score (nSPS) is 27.8. The van der Waals surface area contributed by atoms with Gasteiger partial charge >= 0.3 is 0 Å². The summed E-state index contributed by atoms with van der Waals surface area (Å²) >= 11 is 0. The molecule has 0 bridgehead atoms. The molecule has 2 rings (SSSR count). The quantitative estimate of drug-likeness (QED) is 0.826. The molecule has 0 spiro atoms. The lowest BCUT2D eigenvalue weighted by molar-refractivity contribution is 0.192. The molecule has 1 saturated carbocycles. The monoisotopic (exact) mass is 245 g/mol. The molecule has 1 aromatic rings. The highest BCUT2D eigenvalue weighted by Crippen LogP contribution is 2.40. The first-order valence-electron chi connectivity index (χ1n) is 7.28. The highest BCUT2D eigenvalue weighted by molar-refractivity contribution is 5.36. The van der Waals surface area contributed by atoms with Gasteiger partial charge in [0.15, 0.2) is 0 Å². The van der Waals surface area contributed by atoms with Crippen LogP contribution in [0.15, 0.2) is 18.2 Å². The van der Waals surface area contributed by atoms with Crippen LogP contribution < -0.4 is 5.73 Å². The van der Waals surface area contributed by atoms with E-state index in [2.05, 4.69) is 45.9 Å². The van der Waals surface area contributed by atoms with E-state index in [4.69, 9.17) is 5.73 Å². The van der Waals surface area contributed by atoms with Crippen LogP contribution in [0, 0.1) is 25.7 Å². The Hall–Kier alpha value is -0.820. The summed E-state index contributed by atoms with van der Waals surface area (Å²) in [6.45, 7) is 8.94. The molecular formula is C17H27N. The fraction of sp³-hybridized carbons (Fsp3) is 0.647. The predicted octanol–water partition coefficient (Wildman–Crippen LogP) is 4.30. The summed E-state index contributed by atoms with van der Waals surface area (Å²) in [5.74, 6) is 1.52. The highest BCUT2D eigenvalue weighted by Gasteiger charge is 2.35. The molecule has 0 saturated heterocycles. The topological polar surface area (TPSA) is 26.0 Å². The van der Waals surface area contributed by atoms with E-state index >= 15 is 0 Å². The van der Waals surface area contributed by atoms with E-state index < -0.39 is 0 Å². The van der Waals surface area contributed by atoms with Gasteiger partial charge in [0.25, 0.3) is 0 Å². The molecule has 1 aliphatic carbocycles. The number of rotatable bonds is 2. The van der Waals surface area contributed by atoms with Crippen molar-refractivity contribution in [2.75, 3.05) is 0 Å². The third-order valence-corrected chi connectivity index (χ3v) is 4.84. The first-order valence-corrected chi connectivity index (χ1v) is 7.28. The molecular weight excluding hydrogens is 218 g/mol. The first-order chi connectivity index (χ1) is 8.41. The minimum atomic E-state index is -0.170. The van der Waals surface area contributed by atoms with Crippen LogP contribution >= 0.6 is 0 Å². The van der Waals surface area contributed by atoms with Crippen molar-refractivity contribution < 1.29 is 0 Å². The summed E-state index contributed by atoms with van der Waals surface area (Å²) in [4.78, 5) is 0. The summed E-state index contributed by atoms with van der Waals surface area (Å²) < 4.78 is 0. The molecule has 0 aromatic heterocycles. The maximum Gasteiger partial charge on any atom is 0.0412 e. The molecule has 1 fully saturated rings. The van der Waals surface area contributed by atoms with Crippen LogP contribution in [0.25, 0.3) is 0 Å². The number of aryl methyl sites for hydroxylation is 2. The Bertz CT molecular complexity index is 412. The van der Waals surface area contributed by atoms with Crippen LogP contribution in [0.3, 0.4) is 0 Å². The lowest BCUT2D eigenvalue weighted by Crippen LogP contribution is -2.43. The fourth-order valence-corrected chi connectivity index (χ4v) is 3.40. The molecule has 1 atom stereocenters. The Labute approximate surface area is 112 Å². The SMILES string of the molecule is Cc1ccc(C)c(C(C)(N)C2CCC(C)CC2)c1. The van der Waals surface area contributed by atoms with E-state index in [1.165, 1.54) is 42.4 Å². The van der Waals surface area contributed by atoms with Crippen LogP contribution in [0.1, 0.15) is 56.2 Å². The van der Waals surface area contributed by atoms with Gasteiger partial charge in [-0.25, -0.2) is 0 Å². The van der Waals surface area contributed by atoms with Gasteiger partial charge < -0.3 is 5.73 Å². The Kier molecular flexibility index (Phi) is 3.82. The summed E-state index contributed by atoms with van der Waals surface area (Å²) in [5, 5.41) is 0. The lowest BCUT2D eigenvalue weighted by atomic mass is 9.69. The Morgan fingerprint density at radius 3 is 2.33 bits per heavy atom. The third kappa shape index (κ3) is 2.61. The zero-order chi connectivity index (χ0) is 13.3. The maximum absolute atomic E-state index is 6.73. The van der Waals surface area contributed by atoms with Crippen LogP contribution in [-0.2, 0) is 5.54 Å². The van der Waals surface area contributed by atoms with Crippen molar-refractivity contribution in [3.8, 4) is 0 Å². The summed E-state index contributed by atoms with van der Waals surface area (Å²) in [7, 11) is 0. The predicted molar refractivity (Wildman–Crippen MR) is 78.6 cm³/mol. The van der Waals surface area contributed by atoms with Crippen molar-refractivity contribution in [3.05, 3.63) is 34.9 Å². The van der Waals surface area contributed by atoms with Crippen molar-refractivity contribution >= 4 is 0 Å². The van der Waals surface area contributed by atoms with Crippen molar-refractivity contribution in [2.24, 2.45) is 17.6 Å². The van der Waals surface area contributed by atoms with Crippen LogP contribution in [0.2, 0.25) is 0 Å². The molecule has 100 valence electrons. The second-order valence-corrected chi connectivity index (χ2v) is 6.56. The lowest BCUT2D eigenvalue weighted by Gasteiger charge is -2.39. The standard InChI is InChI=1S/C17H27N/c1-12-6-9-15(10-7-12)17(4,18)16-11-13(2)5-8-14(16)3/h5,8,11-12,15H,6-7,9-10,18H2,1-4H3. The van der Waals surface area contributed by atoms with Crippen molar-refractivity contribution in [3.63, 3.8) is 0 Å². The average Bonchev–Trinajstić information content (AvgIpc) is 2.32. The summed E-state index contributed by atoms with van der Waals surface area (Å²) in [6, 6.07) is 6.67. The smallest absolute Gasteiger partial charge is 0.0412 e. The van der Waals surface area contributed by atoms with Crippen molar-refractivity contribution in [1.82, 2.24) is 0 Å². The molecule has 1 aliphatic rings. The largest absolute Gasteiger partial charge is 0.321 e. The Morgan fingerprint density at radius 2 is 1.72 bits per heavy atom. The highest BCUT2D eigenvalue weighted by atomic mass is 14.8. The molecule has 0 radical (unpaired) electrons. The van der Waals surface area contributed by atoms with Gasteiger partial charge in [-0.2, -0.15) is 0 Å². The minimum absolute atomic E-state index is 0.170. The zero-order valence-corrected chi connectivity index (χ0v) is 12.3. The van der Waals surface area contributed by atoms with E-state index in [1.807, 2.05) is 0 Å². The van der Waals surface area contributed by atoms with Crippen LogP contribution in [0.5, 0.6) is 0 Å². The first kappa shape index (κ1) is 13.6. The Balaban J connectivity index is 2.26. The zero-order valence-electron chi connectivity index (χ0n) is 12.3. The molecule has 0 amide bonds. The van der Waals surface area contributed by atoms with E-state index in [1.54, 1.807) is 0 Å². The third-order valence-electron chi connectivity index (χ3n) is 4.84. The maximum atomic E-state index is 6.73. The van der Waals surface area contributed by atoms with Gasteiger partial charge in [-0.3, -0.25) is 0 Å². The minimum Gasteiger partial charge on any atom is -0.321 e. The average molecular weight is 245 g/mol. The molecule has 1 unspecified atom stereocenters. The summed E-state index contributed by atoms with van der Waals surface area (Å²) in [5.41, 5.74) is 10.6. The van der Waals surface area contributed by atoms with E-state index in [9.17, 15) is 0 Å². The molecule has 1 heteroatoms. The van der Waals surface area contributed by atoms with E-state index in [-0.39, 0.29) is 5.54 Å². The summed E-state index contributed by atoms with van der Waals surface area (Å²) in [6.07, 6.45) is 5.23. The van der Waals surface area contributed by atoms with Gasteiger partial charge in [0.05, 0.1) is 0 Å². The van der Waals surface area contributed by atoms with Crippen LogP contribution in [0.4, 0.5) is 0 Å². The van der Waals surface area contributed by atoms with Gasteiger partial charge in [-0.15, -0.1) is 0 Å². The molecule has 18 heavy (non-hydrogen) atoms. The number of nitrogens with two attached hydrogens (primary N) is 1. The molecule has 0 heterocycles. The van der Waals surface area contributed by atoms with Gasteiger partial charge in [0, 0.05) is 5.54 Å². The van der Waals surface area contributed by atoms with Crippen molar-refractivity contribution in [1.29, 1.82) is 0 Å². The van der Waals surface area contributed by atoms with Crippen LogP contribution in [-0.4, -0.2) is 0 Å². The number of hydrogen-bond acceptors (Lipinski definition) is 1. The van der Waals surface area contributed by atoms with Gasteiger partial charge in [0.2, 0.25) is 0 Å². The Morgan fingerprint density at radius 1 is 1.11 bits per heavy atom. The van der Waals surface area contributed by atoms with Gasteiger partial charge in [-0.05, 0) is 56.6 Å².